The maximum atomic E-state index is 6.12. The molecule has 1 heterocycles. The zero-order chi connectivity index (χ0) is 17.1. The average Bonchev–Trinajstić information content (AvgIpc) is 3.00. The Morgan fingerprint density at radius 1 is 1.04 bits per heavy atom. The van der Waals surface area contributed by atoms with Crippen molar-refractivity contribution >= 4 is 50.9 Å². The summed E-state index contributed by atoms with van der Waals surface area (Å²) in [5.41, 5.74) is 2.15. The van der Waals surface area contributed by atoms with E-state index in [0.29, 0.717) is 10.0 Å². The van der Waals surface area contributed by atoms with Crippen LogP contribution in [0, 0.1) is 0 Å². The van der Waals surface area contributed by atoms with Crippen LogP contribution >= 0.6 is 50.9 Å². The van der Waals surface area contributed by atoms with Gasteiger partial charge in [0.1, 0.15) is 0 Å². The molecule has 0 atom stereocenters. The van der Waals surface area contributed by atoms with Crippen LogP contribution in [0.15, 0.2) is 52.1 Å². The van der Waals surface area contributed by atoms with E-state index in [1.165, 1.54) is 5.56 Å². The Kier molecular flexibility index (Phi) is 5.87. The zero-order valence-electron chi connectivity index (χ0n) is 12.8. The van der Waals surface area contributed by atoms with Gasteiger partial charge in [-0.15, -0.1) is 10.2 Å². The molecule has 0 saturated carbocycles. The van der Waals surface area contributed by atoms with Crippen LogP contribution in [0.25, 0.3) is 11.4 Å². The average molecular weight is 443 g/mol. The highest BCUT2D eigenvalue weighted by atomic mass is 79.9. The van der Waals surface area contributed by atoms with E-state index in [9.17, 15) is 0 Å². The number of benzene rings is 2. The first-order chi connectivity index (χ1) is 11.6. The molecule has 124 valence electrons. The fraction of sp³-hybridized carbons (Fsp3) is 0.176. The fourth-order valence-electron chi connectivity index (χ4n) is 2.26. The lowest BCUT2D eigenvalue weighted by Gasteiger charge is -2.08. The van der Waals surface area contributed by atoms with Crippen molar-refractivity contribution in [2.45, 2.75) is 24.4 Å². The van der Waals surface area contributed by atoms with E-state index in [1.807, 2.05) is 24.3 Å². The van der Waals surface area contributed by atoms with E-state index in [1.54, 1.807) is 17.8 Å². The number of hydrogen-bond donors (Lipinski definition) is 0. The van der Waals surface area contributed by atoms with Gasteiger partial charge in [0.15, 0.2) is 11.0 Å². The maximum Gasteiger partial charge on any atom is 0.191 e. The topological polar surface area (TPSA) is 30.7 Å². The lowest BCUT2D eigenvalue weighted by Crippen LogP contribution is -2.00. The largest absolute Gasteiger partial charge is 0.302 e. The van der Waals surface area contributed by atoms with Gasteiger partial charge in [-0.2, -0.15) is 0 Å². The molecule has 3 aromatic rings. The number of thioether (sulfide) groups is 1. The molecule has 0 unspecified atom stereocenters. The molecule has 1 aromatic heterocycles. The summed E-state index contributed by atoms with van der Waals surface area (Å²) in [6.45, 7) is 2.86. The summed E-state index contributed by atoms with van der Waals surface area (Å²) in [7, 11) is 0. The van der Waals surface area contributed by atoms with Gasteiger partial charge in [0, 0.05) is 22.3 Å². The molecule has 24 heavy (non-hydrogen) atoms. The Labute approximate surface area is 163 Å². The van der Waals surface area contributed by atoms with Crippen LogP contribution in [-0.2, 0) is 12.3 Å². The number of hydrogen-bond acceptors (Lipinski definition) is 3. The molecule has 0 aliphatic carbocycles. The highest BCUT2D eigenvalue weighted by molar-refractivity contribution is 9.10. The van der Waals surface area contributed by atoms with E-state index in [4.69, 9.17) is 23.2 Å². The second kappa shape index (κ2) is 7.91. The predicted octanol–water partition coefficient (Wildman–Crippen LogP) is 6.33. The van der Waals surface area contributed by atoms with Crippen LogP contribution < -0.4 is 0 Å². The fourth-order valence-corrected chi connectivity index (χ4v) is 3.78. The molecule has 0 fully saturated rings. The molecule has 0 radical (unpaired) electrons. The summed E-state index contributed by atoms with van der Waals surface area (Å²) in [6.07, 6.45) is 0. The predicted molar refractivity (Wildman–Crippen MR) is 105 cm³/mol. The maximum absolute atomic E-state index is 6.12. The summed E-state index contributed by atoms with van der Waals surface area (Å²) in [4.78, 5) is 0. The van der Waals surface area contributed by atoms with E-state index < -0.39 is 0 Å². The SMILES string of the molecule is CCn1c(SCc2ccc(Br)cc2)nnc1-c1ccc(Cl)c(Cl)c1. The van der Waals surface area contributed by atoms with Crippen LogP contribution in [0.1, 0.15) is 12.5 Å². The van der Waals surface area contributed by atoms with Crippen molar-refractivity contribution in [3.63, 3.8) is 0 Å². The highest BCUT2D eigenvalue weighted by Gasteiger charge is 2.14. The Hall–Kier alpha value is -1.01. The number of nitrogens with zero attached hydrogens (tertiary/aromatic N) is 3. The van der Waals surface area contributed by atoms with Crippen molar-refractivity contribution in [3.8, 4) is 11.4 Å². The molecule has 3 nitrogen and oxygen atoms in total. The minimum absolute atomic E-state index is 0.517. The van der Waals surface area contributed by atoms with Gasteiger partial charge in [0.2, 0.25) is 0 Å². The van der Waals surface area contributed by atoms with Gasteiger partial charge in [0.25, 0.3) is 0 Å². The van der Waals surface area contributed by atoms with Crippen molar-refractivity contribution in [1.29, 1.82) is 0 Å². The van der Waals surface area contributed by atoms with Gasteiger partial charge in [-0.3, -0.25) is 0 Å². The van der Waals surface area contributed by atoms with Crippen LogP contribution in [0.3, 0.4) is 0 Å². The number of rotatable bonds is 5. The molecule has 0 amide bonds. The minimum Gasteiger partial charge on any atom is -0.302 e. The van der Waals surface area contributed by atoms with Crippen molar-refractivity contribution in [2.75, 3.05) is 0 Å². The Bertz CT molecular complexity index is 850. The molecule has 0 aliphatic heterocycles. The van der Waals surface area contributed by atoms with Crippen molar-refractivity contribution in [2.24, 2.45) is 0 Å². The third-order valence-electron chi connectivity index (χ3n) is 3.49. The third-order valence-corrected chi connectivity index (χ3v) is 5.80. The monoisotopic (exact) mass is 441 g/mol. The van der Waals surface area contributed by atoms with Gasteiger partial charge in [-0.1, -0.05) is 63.0 Å². The van der Waals surface area contributed by atoms with Crippen LogP contribution in [0.4, 0.5) is 0 Å². The minimum atomic E-state index is 0.517. The molecule has 7 heteroatoms. The lowest BCUT2D eigenvalue weighted by atomic mass is 10.2. The Morgan fingerprint density at radius 2 is 1.79 bits per heavy atom. The second-order valence-corrected chi connectivity index (χ2v) is 7.77. The second-order valence-electron chi connectivity index (χ2n) is 5.09. The number of aromatic nitrogens is 3. The summed E-state index contributed by atoms with van der Waals surface area (Å²) in [5.74, 6) is 1.64. The van der Waals surface area contributed by atoms with Gasteiger partial charge < -0.3 is 4.57 Å². The van der Waals surface area contributed by atoms with E-state index in [0.717, 1.165) is 33.3 Å². The van der Waals surface area contributed by atoms with Gasteiger partial charge >= 0.3 is 0 Å². The van der Waals surface area contributed by atoms with Gasteiger partial charge in [-0.25, -0.2) is 0 Å². The van der Waals surface area contributed by atoms with Crippen molar-refractivity contribution < 1.29 is 0 Å². The van der Waals surface area contributed by atoms with Crippen LogP contribution in [-0.4, -0.2) is 14.8 Å². The van der Waals surface area contributed by atoms with Crippen LogP contribution in [0.5, 0.6) is 0 Å². The van der Waals surface area contributed by atoms with Crippen molar-refractivity contribution in [1.82, 2.24) is 14.8 Å². The molecular weight excluding hydrogens is 429 g/mol. The van der Waals surface area contributed by atoms with E-state index in [-0.39, 0.29) is 0 Å². The molecule has 2 aromatic carbocycles. The Balaban J connectivity index is 1.83. The smallest absolute Gasteiger partial charge is 0.191 e. The third kappa shape index (κ3) is 3.97. The van der Waals surface area contributed by atoms with Gasteiger partial charge in [-0.05, 0) is 42.8 Å². The molecular formula is C17H14BrCl2N3S. The summed E-state index contributed by atoms with van der Waals surface area (Å²) in [5, 5.41) is 10.6. The molecule has 0 N–H and O–H groups in total. The standard InChI is InChI=1S/C17H14BrCl2N3S/c1-2-23-16(12-5-8-14(19)15(20)9-12)21-22-17(23)24-10-11-3-6-13(18)7-4-11/h3-9H,2,10H2,1H3. The summed E-state index contributed by atoms with van der Waals surface area (Å²) < 4.78 is 3.16. The van der Waals surface area contributed by atoms with Crippen LogP contribution in [0.2, 0.25) is 10.0 Å². The zero-order valence-corrected chi connectivity index (χ0v) is 16.8. The molecule has 0 aliphatic rings. The first-order valence-electron chi connectivity index (χ1n) is 7.34. The first kappa shape index (κ1) is 17.8. The highest BCUT2D eigenvalue weighted by Crippen LogP contribution is 2.30. The van der Waals surface area contributed by atoms with Gasteiger partial charge in [0.05, 0.1) is 10.0 Å². The van der Waals surface area contributed by atoms with Crippen molar-refractivity contribution in [3.05, 3.63) is 62.5 Å². The molecule has 3 rings (SSSR count). The molecule has 0 spiro atoms. The quantitative estimate of drug-likeness (QED) is 0.432. The Morgan fingerprint density at radius 3 is 2.46 bits per heavy atom. The van der Waals surface area contributed by atoms with E-state index >= 15 is 0 Å². The summed E-state index contributed by atoms with van der Waals surface area (Å²) in [6, 6.07) is 13.8. The first-order valence-corrected chi connectivity index (χ1v) is 9.87. The summed E-state index contributed by atoms with van der Waals surface area (Å²) >= 11 is 17.2. The number of halogens is 3. The molecule has 0 saturated heterocycles. The lowest BCUT2D eigenvalue weighted by molar-refractivity contribution is 0.687. The van der Waals surface area contributed by atoms with E-state index in [2.05, 4.69) is 49.8 Å². The normalized spacial score (nSPS) is 11.0. The molecule has 0 bridgehead atoms.